The standard InChI is InChI=1S/C47H55O7P/c1-28(14-23-42(48)50-4)36-19-20-37-35-18-17-32-26-31(45(49)51-5)24-25-46(32,2)38(35)27-41(47(36,37)3)54-55-52-39-21-15-29-10-6-8-12-33(29)43(39)44-34-13-9-7-11-30(34)16-22-40(44)53-55/h6-13,15-16,21-22,28,31-32,35-38,41H,14,17-20,23-27H2,1-5H3/t28-,31-,32-,35+,36-,37+,38+,41+,46+,47-/m1/s1. The number of methoxy groups -OCH3 is 2. The highest BCUT2D eigenvalue weighted by atomic mass is 31.1. The Bertz CT molecular complexity index is 2220. The van der Waals surface area contributed by atoms with Crippen molar-refractivity contribution in [2.24, 2.45) is 52.3 Å². The van der Waals surface area contributed by atoms with E-state index in [9.17, 15) is 9.59 Å². The van der Waals surface area contributed by atoms with Gasteiger partial charge in [0.1, 0.15) is 11.2 Å². The number of carbonyl (C=O) groups excluding carboxylic acids is 2. The molecule has 0 bridgehead atoms. The quantitative estimate of drug-likeness (QED) is 0.153. The molecule has 7 nitrogen and oxygen atoms in total. The molecule has 10 atom stereocenters. The molecule has 4 saturated carbocycles. The largest absolute Gasteiger partial charge is 0.469 e. The first-order valence-electron chi connectivity index (χ1n) is 20.6. The van der Waals surface area contributed by atoms with Crippen molar-refractivity contribution in [2.45, 2.75) is 91.1 Å². The van der Waals surface area contributed by atoms with Gasteiger partial charge in [-0.15, -0.1) is 0 Å². The maximum Gasteiger partial charge on any atom is 0.387 e. The van der Waals surface area contributed by atoms with Gasteiger partial charge in [-0.1, -0.05) is 81.4 Å². The van der Waals surface area contributed by atoms with Gasteiger partial charge in [-0.25, -0.2) is 0 Å². The summed E-state index contributed by atoms with van der Waals surface area (Å²) in [7, 11) is 1.18. The molecule has 0 unspecified atom stereocenters. The summed E-state index contributed by atoms with van der Waals surface area (Å²) in [6, 6.07) is 25.5. The zero-order valence-electron chi connectivity index (χ0n) is 32.9. The first-order valence-corrected chi connectivity index (χ1v) is 21.7. The lowest BCUT2D eigenvalue weighted by molar-refractivity contribution is -0.167. The van der Waals surface area contributed by atoms with E-state index in [0.717, 1.165) is 82.0 Å². The number of hydrogen-bond acceptors (Lipinski definition) is 7. The van der Waals surface area contributed by atoms with Gasteiger partial charge in [-0.2, -0.15) is 0 Å². The highest BCUT2D eigenvalue weighted by Crippen LogP contribution is 2.69. The van der Waals surface area contributed by atoms with Crippen LogP contribution in [0.5, 0.6) is 0 Å². The topological polar surface area (TPSA) is 88.1 Å². The molecule has 5 aromatic rings. The lowest BCUT2D eigenvalue weighted by Gasteiger charge is -2.62. The second-order valence-electron chi connectivity index (χ2n) is 17.8. The Balaban J connectivity index is 1.17. The molecule has 4 aromatic carbocycles. The molecular formula is C47H55O7P. The summed E-state index contributed by atoms with van der Waals surface area (Å²) in [5.74, 6) is 2.59. The summed E-state index contributed by atoms with van der Waals surface area (Å²) < 4.78 is 31.8. The second kappa shape index (κ2) is 14.3. The van der Waals surface area contributed by atoms with Crippen molar-refractivity contribution in [3.05, 3.63) is 72.8 Å². The Hall–Kier alpha value is -3.80. The molecule has 0 spiro atoms. The van der Waals surface area contributed by atoms with Crippen LogP contribution in [0.15, 0.2) is 81.2 Å². The minimum Gasteiger partial charge on any atom is -0.469 e. The minimum atomic E-state index is -1.83. The molecule has 8 heteroatoms. The molecule has 55 heavy (non-hydrogen) atoms. The van der Waals surface area contributed by atoms with Crippen LogP contribution < -0.4 is 4.52 Å². The fourth-order valence-electron chi connectivity index (χ4n) is 12.8. The van der Waals surface area contributed by atoms with Crippen LogP contribution in [0.2, 0.25) is 0 Å². The van der Waals surface area contributed by atoms with Crippen molar-refractivity contribution in [2.75, 3.05) is 14.2 Å². The maximum atomic E-state index is 12.8. The molecule has 4 aliphatic carbocycles. The average Bonchev–Trinajstić information content (AvgIpc) is 3.48. The van der Waals surface area contributed by atoms with Crippen molar-refractivity contribution >= 4 is 63.7 Å². The molecule has 0 amide bonds. The van der Waals surface area contributed by atoms with Gasteiger partial charge >= 0.3 is 20.2 Å². The number of esters is 2. The normalized spacial score (nSPS) is 32.1. The monoisotopic (exact) mass is 762 g/mol. The van der Waals surface area contributed by atoms with Gasteiger partial charge in [0.15, 0.2) is 0 Å². The van der Waals surface area contributed by atoms with Crippen LogP contribution >= 0.6 is 8.24 Å². The molecule has 0 saturated heterocycles. The number of fused-ring (bicyclic) bond motifs is 12. The van der Waals surface area contributed by atoms with Crippen molar-refractivity contribution in [1.29, 1.82) is 0 Å². The third-order valence-corrected chi connectivity index (χ3v) is 16.8. The third-order valence-electron chi connectivity index (χ3n) is 15.7. The Kier molecular flexibility index (Phi) is 9.57. The Morgan fingerprint density at radius 1 is 0.782 bits per heavy atom. The average molecular weight is 763 g/mol. The van der Waals surface area contributed by atoms with E-state index in [1.807, 2.05) is 0 Å². The summed E-state index contributed by atoms with van der Waals surface area (Å²) in [5, 5.41) is 6.66. The van der Waals surface area contributed by atoms with Crippen molar-refractivity contribution in [3.63, 3.8) is 0 Å². The third kappa shape index (κ3) is 6.02. The number of rotatable bonds is 7. The Morgan fingerprint density at radius 2 is 1.44 bits per heavy atom. The van der Waals surface area contributed by atoms with E-state index in [2.05, 4.69) is 93.6 Å². The van der Waals surface area contributed by atoms with E-state index in [1.165, 1.54) is 33.5 Å². The summed E-state index contributed by atoms with van der Waals surface area (Å²) in [4.78, 5) is 25.1. The fraction of sp³-hybridized carbons (Fsp3) is 0.532. The van der Waals surface area contributed by atoms with Gasteiger partial charge in [0, 0.05) is 22.6 Å². The SMILES string of the molecule is COC(=O)CC[C@@H](C)[C@H]1CC[C@H]2[C@@H]3CC[C@@H]4C[C@H](C(=O)OC)CC[C@]4(C)[C@H]3C[C@H](Op3oc4ccc5ccccc5c4c4c(ccc5ccccc54)o3)[C@]12C. The van der Waals surface area contributed by atoms with Gasteiger partial charge in [-0.3, -0.25) is 14.1 Å². The molecule has 9 rings (SSSR count). The predicted octanol–water partition coefficient (Wildman–Crippen LogP) is 12.0. The van der Waals surface area contributed by atoms with E-state index in [4.69, 9.17) is 22.4 Å². The van der Waals surface area contributed by atoms with Gasteiger partial charge in [-0.05, 0) is 132 Å². The molecule has 1 heterocycles. The molecule has 4 fully saturated rings. The lowest BCUT2D eigenvalue weighted by atomic mass is 9.43. The van der Waals surface area contributed by atoms with E-state index in [-0.39, 0.29) is 34.8 Å². The Morgan fingerprint density at radius 3 is 2.07 bits per heavy atom. The number of hydrogen-bond donors (Lipinski definition) is 0. The van der Waals surface area contributed by atoms with E-state index in [0.29, 0.717) is 41.9 Å². The molecule has 0 aliphatic heterocycles. The van der Waals surface area contributed by atoms with Crippen LogP contribution in [0.4, 0.5) is 0 Å². The predicted molar refractivity (Wildman–Crippen MR) is 218 cm³/mol. The maximum absolute atomic E-state index is 12.8. The lowest BCUT2D eigenvalue weighted by Crippen LogP contribution is -2.60. The van der Waals surface area contributed by atoms with Crippen LogP contribution in [-0.2, 0) is 19.1 Å². The van der Waals surface area contributed by atoms with Crippen molar-refractivity contribution in [1.82, 2.24) is 0 Å². The zero-order valence-corrected chi connectivity index (χ0v) is 33.8. The van der Waals surface area contributed by atoms with E-state index in [1.54, 1.807) is 0 Å². The van der Waals surface area contributed by atoms with Gasteiger partial charge in [0.2, 0.25) is 0 Å². The summed E-state index contributed by atoms with van der Waals surface area (Å²) >= 11 is 0. The van der Waals surface area contributed by atoms with E-state index >= 15 is 0 Å². The summed E-state index contributed by atoms with van der Waals surface area (Å²) in [5.41, 5.74) is 1.58. The number of ether oxygens (including phenoxy) is 2. The molecule has 290 valence electrons. The summed E-state index contributed by atoms with van der Waals surface area (Å²) in [6.07, 6.45) is 9.57. The first kappa shape index (κ1) is 36.8. The first-order chi connectivity index (χ1) is 26.6. The number of benzene rings is 4. The van der Waals surface area contributed by atoms with Gasteiger partial charge in [0.25, 0.3) is 0 Å². The van der Waals surface area contributed by atoms with E-state index < -0.39 is 8.24 Å². The van der Waals surface area contributed by atoms with Crippen molar-refractivity contribution < 1.29 is 32.0 Å². The van der Waals surface area contributed by atoms with Gasteiger partial charge < -0.3 is 17.9 Å². The smallest absolute Gasteiger partial charge is 0.387 e. The zero-order chi connectivity index (χ0) is 38.1. The van der Waals surface area contributed by atoms with Crippen LogP contribution in [0.1, 0.15) is 85.0 Å². The number of carbonyl (C=O) groups is 2. The van der Waals surface area contributed by atoms with Crippen LogP contribution in [0.3, 0.4) is 0 Å². The molecule has 0 radical (unpaired) electrons. The highest BCUT2D eigenvalue weighted by Gasteiger charge is 2.65. The van der Waals surface area contributed by atoms with Crippen LogP contribution in [0.25, 0.3) is 43.5 Å². The Labute approximate surface area is 325 Å². The second-order valence-corrected chi connectivity index (χ2v) is 18.9. The van der Waals surface area contributed by atoms with Crippen LogP contribution in [-0.4, -0.2) is 32.3 Å². The molecule has 1 aromatic heterocycles. The molecular weight excluding hydrogens is 707 g/mol. The minimum absolute atomic E-state index is 0.00408. The molecule has 4 aliphatic rings. The fourth-order valence-corrected chi connectivity index (χ4v) is 14.1. The van der Waals surface area contributed by atoms with Gasteiger partial charge in [0.05, 0.1) is 26.2 Å². The summed E-state index contributed by atoms with van der Waals surface area (Å²) in [6.45, 7) is 7.37. The molecule has 0 N–H and O–H groups in total. The van der Waals surface area contributed by atoms with Crippen LogP contribution in [0, 0.1) is 52.3 Å². The highest BCUT2D eigenvalue weighted by molar-refractivity contribution is 7.31. The van der Waals surface area contributed by atoms with Crippen molar-refractivity contribution in [3.8, 4) is 0 Å².